The summed E-state index contributed by atoms with van der Waals surface area (Å²) in [5.74, 6) is 1.42. The predicted octanol–water partition coefficient (Wildman–Crippen LogP) is 0.543. The number of nitrogens with one attached hydrogen (secondary N) is 2. The molecule has 0 spiro atoms. The van der Waals surface area contributed by atoms with E-state index in [0.29, 0.717) is 11.5 Å². The molecule has 2 atom stereocenters. The second kappa shape index (κ2) is 5.24. The quantitative estimate of drug-likeness (QED) is 0.775. The van der Waals surface area contributed by atoms with E-state index in [1.165, 1.54) is 12.8 Å². The number of hydrogen-bond acceptors (Lipinski definition) is 4. The molecule has 2 unspecified atom stereocenters. The number of hydrogen-bond donors (Lipinski definition) is 2. The molecule has 0 bridgehead atoms. The van der Waals surface area contributed by atoms with Crippen LogP contribution in [0.4, 0.5) is 0 Å². The maximum atomic E-state index is 11.5. The highest BCUT2D eigenvalue weighted by Crippen LogP contribution is 2.23. The first-order chi connectivity index (χ1) is 7.99. The van der Waals surface area contributed by atoms with E-state index in [-0.39, 0.29) is 5.54 Å². The fraction of sp³-hybridized carbons (Fsp3) is 1.00. The summed E-state index contributed by atoms with van der Waals surface area (Å²) in [6, 6.07) is 0. The van der Waals surface area contributed by atoms with Gasteiger partial charge in [0.25, 0.3) is 0 Å². The van der Waals surface area contributed by atoms with Gasteiger partial charge in [-0.2, -0.15) is 0 Å². The van der Waals surface area contributed by atoms with Gasteiger partial charge in [0, 0.05) is 5.54 Å². The Hall–Kier alpha value is -0.130. The van der Waals surface area contributed by atoms with Crippen LogP contribution in [-0.2, 0) is 9.84 Å². The van der Waals surface area contributed by atoms with Crippen LogP contribution in [0.2, 0.25) is 0 Å². The molecular formula is C12H24N2O2S. The molecule has 2 aliphatic rings. The first-order valence-electron chi connectivity index (χ1n) is 6.65. The molecule has 2 fully saturated rings. The maximum absolute atomic E-state index is 11.5. The first kappa shape index (κ1) is 13.3. The zero-order valence-electron chi connectivity index (χ0n) is 10.7. The lowest BCUT2D eigenvalue weighted by Gasteiger charge is -2.27. The van der Waals surface area contributed by atoms with E-state index in [0.717, 1.165) is 38.4 Å². The Morgan fingerprint density at radius 3 is 2.88 bits per heavy atom. The predicted molar refractivity (Wildman–Crippen MR) is 69.9 cm³/mol. The van der Waals surface area contributed by atoms with Gasteiger partial charge in [0.1, 0.15) is 0 Å². The van der Waals surface area contributed by atoms with Crippen LogP contribution < -0.4 is 10.6 Å². The Balaban J connectivity index is 1.71. The van der Waals surface area contributed by atoms with Gasteiger partial charge in [-0.15, -0.1) is 0 Å². The van der Waals surface area contributed by atoms with Crippen LogP contribution in [0.3, 0.4) is 0 Å². The second-order valence-corrected chi connectivity index (χ2v) is 8.01. The lowest BCUT2D eigenvalue weighted by molar-refractivity contribution is 0.323. The van der Waals surface area contributed by atoms with Crippen molar-refractivity contribution in [1.82, 2.24) is 10.6 Å². The normalized spacial score (nSPS) is 37.1. The largest absolute Gasteiger partial charge is 0.316 e. The average Bonchev–Trinajstić information content (AvgIpc) is 2.55. The van der Waals surface area contributed by atoms with E-state index >= 15 is 0 Å². The zero-order chi connectivity index (χ0) is 12.4. The minimum Gasteiger partial charge on any atom is -0.316 e. The van der Waals surface area contributed by atoms with Crippen LogP contribution >= 0.6 is 0 Å². The molecule has 0 aliphatic carbocycles. The summed E-state index contributed by atoms with van der Waals surface area (Å²) in [7, 11) is -2.78. The summed E-state index contributed by atoms with van der Waals surface area (Å²) in [6.45, 7) is 5.26. The van der Waals surface area contributed by atoms with Crippen molar-refractivity contribution in [3.05, 3.63) is 0 Å². The van der Waals surface area contributed by atoms with Gasteiger partial charge in [-0.05, 0) is 58.2 Å². The summed E-state index contributed by atoms with van der Waals surface area (Å²) >= 11 is 0. The zero-order valence-corrected chi connectivity index (χ0v) is 11.5. The molecular weight excluding hydrogens is 236 g/mol. The van der Waals surface area contributed by atoms with Crippen molar-refractivity contribution >= 4 is 9.84 Å². The highest BCUT2D eigenvalue weighted by molar-refractivity contribution is 7.91. The van der Waals surface area contributed by atoms with E-state index in [1.54, 1.807) is 0 Å². The summed E-state index contributed by atoms with van der Waals surface area (Å²) < 4.78 is 22.9. The molecule has 100 valence electrons. The van der Waals surface area contributed by atoms with Gasteiger partial charge in [0.05, 0.1) is 11.5 Å². The van der Waals surface area contributed by atoms with Crippen molar-refractivity contribution in [2.45, 2.75) is 38.1 Å². The molecule has 0 saturated carbocycles. The molecule has 0 aromatic heterocycles. The summed E-state index contributed by atoms with van der Waals surface area (Å²) in [5.41, 5.74) is -0.180. The van der Waals surface area contributed by atoms with Crippen molar-refractivity contribution in [3.63, 3.8) is 0 Å². The van der Waals surface area contributed by atoms with E-state index < -0.39 is 9.84 Å². The molecule has 0 radical (unpaired) electrons. The van der Waals surface area contributed by atoms with Gasteiger partial charge >= 0.3 is 0 Å². The van der Waals surface area contributed by atoms with E-state index in [2.05, 4.69) is 10.6 Å². The van der Waals surface area contributed by atoms with Crippen LogP contribution in [0, 0.1) is 5.92 Å². The van der Waals surface area contributed by atoms with Crippen LogP contribution in [0.5, 0.6) is 0 Å². The highest BCUT2D eigenvalue weighted by atomic mass is 32.2. The van der Waals surface area contributed by atoms with Crippen molar-refractivity contribution in [2.24, 2.45) is 5.92 Å². The fourth-order valence-electron chi connectivity index (χ4n) is 2.90. The summed E-state index contributed by atoms with van der Waals surface area (Å²) in [4.78, 5) is 0. The standard InChI is InChI=1S/C12H24N2O2S/c1-12(5-8-17(15,16)10-12)14-7-4-11-3-2-6-13-9-11/h11,13-14H,2-10H2,1H3. The Kier molecular flexibility index (Phi) is 4.10. The lowest BCUT2D eigenvalue weighted by Crippen LogP contribution is -2.44. The molecule has 2 saturated heterocycles. The molecule has 5 heteroatoms. The van der Waals surface area contributed by atoms with Gasteiger partial charge in [-0.25, -0.2) is 8.42 Å². The Bertz CT molecular complexity index is 350. The van der Waals surface area contributed by atoms with Crippen molar-refractivity contribution in [3.8, 4) is 0 Å². The Labute approximate surface area is 104 Å². The number of rotatable bonds is 4. The van der Waals surface area contributed by atoms with Gasteiger partial charge in [0.15, 0.2) is 9.84 Å². The van der Waals surface area contributed by atoms with Crippen LogP contribution in [0.25, 0.3) is 0 Å². The van der Waals surface area contributed by atoms with Gasteiger partial charge in [-0.1, -0.05) is 0 Å². The highest BCUT2D eigenvalue weighted by Gasteiger charge is 2.37. The van der Waals surface area contributed by atoms with Gasteiger partial charge < -0.3 is 10.6 Å². The molecule has 0 aromatic carbocycles. The smallest absolute Gasteiger partial charge is 0.152 e. The van der Waals surface area contributed by atoms with E-state index in [9.17, 15) is 8.42 Å². The minimum atomic E-state index is -2.78. The molecule has 2 N–H and O–H groups in total. The van der Waals surface area contributed by atoms with Crippen molar-refractivity contribution in [1.29, 1.82) is 0 Å². The molecule has 4 nitrogen and oxygen atoms in total. The average molecular weight is 260 g/mol. The van der Waals surface area contributed by atoms with E-state index in [4.69, 9.17) is 0 Å². The van der Waals surface area contributed by atoms with Gasteiger partial charge in [-0.3, -0.25) is 0 Å². The van der Waals surface area contributed by atoms with Gasteiger partial charge in [0.2, 0.25) is 0 Å². The molecule has 2 heterocycles. The molecule has 2 aliphatic heterocycles. The fourth-order valence-corrected chi connectivity index (χ4v) is 5.02. The Morgan fingerprint density at radius 1 is 1.47 bits per heavy atom. The second-order valence-electron chi connectivity index (χ2n) is 5.83. The minimum absolute atomic E-state index is 0.180. The van der Waals surface area contributed by atoms with Crippen LogP contribution in [0.15, 0.2) is 0 Å². The number of piperidine rings is 1. The van der Waals surface area contributed by atoms with Crippen LogP contribution in [0.1, 0.15) is 32.6 Å². The molecule has 17 heavy (non-hydrogen) atoms. The third-order valence-electron chi connectivity index (χ3n) is 4.01. The maximum Gasteiger partial charge on any atom is 0.152 e. The third-order valence-corrected chi connectivity index (χ3v) is 5.91. The topological polar surface area (TPSA) is 58.2 Å². The van der Waals surface area contributed by atoms with E-state index in [1.807, 2.05) is 6.92 Å². The monoisotopic (exact) mass is 260 g/mol. The summed E-state index contributed by atoms with van der Waals surface area (Å²) in [6.07, 6.45) is 4.50. The SMILES string of the molecule is CC1(NCCC2CCCNC2)CCS(=O)(=O)C1. The lowest BCUT2D eigenvalue weighted by atomic mass is 9.95. The van der Waals surface area contributed by atoms with Crippen molar-refractivity contribution < 1.29 is 8.42 Å². The molecule has 2 rings (SSSR count). The summed E-state index contributed by atoms with van der Waals surface area (Å²) in [5, 5.41) is 6.87. The number of sulfone groups is 1. The third kappa shape index (κ3) is 3.93. The van der Waals surface area contributed by atoms with Crippen LogP contribution in [-0.4, -0.2) is 45.1 Å². The first-order valence-corrected chi connectivity index (χ1v) is 8.47. The Morgan fingerprint density at radius 2 is 2.29 bits per heavy atom. The molecule has 0 aromatic rings. The van der Waals surface area contributed by atoms with Crippen molar-refractivity contribution in [2.75, 3.05) is 31.1 Å². The molecule has 0 amide bonds.